The molecule has 0 spiro atoms. The standard InChI is InChI=1S/C18H21F3N4O/c1-12-23-15(11-22)10-16(24-12)25-7-5-17(26,6-8-25)13-3-2-4-14(9-13)18(19,20)21/h2-4,9-10,26H,5-8,11,22H2,1H3. The number of piperidine rings is 1. The van der Waals surface area contributed by atoms with Gasteiger partial charge in [-0.3, -0.25) is 0 Å². The van der Waals surface area contributed by atoms with Crippen molar-refractivity contribution in [2.75, 3.05) is 18.0 Å². The van der Waals surface area contributed by atoms with Gasteiger partial charge in [0.05, 0.1) is 16.9 Å². The van der Waals surface area contributed by atoms with Gasteiger partial charge in [-0.25, -0.2) is 9.97 Å². The second-order valence-corrected chi connectivity index (χ2v) is 6.57. The van der Waals surface area contributed by atoms with Crippen molar-refractivity contribution in [3.63, 3.8) is 0 Å². The topological polar surface area (TPSA) is 75.3 Å². The Hall–Kier alpha value is -2.19. The Balaban J connectivity index is 1.78. The van der Waals surface area contributed by atoms with Crippen LogP contribution in [-0.2, 0) is 18.3 Å². The van der Waals surface area contributed by atoms with Gasteiger partial charge < -0.3 is 15.7 Å². The van der Waals surface area contributed by atoms with E-state index in [-0.39, 0.29) is 0 Å². The largest absolute Gasteiger partial charge is 0.416 e. The molecule has 1 fully saturated rings. The van der Waals surface area contributed by atoms with Crippen LogP contribution < -0.4 is 10.6 Å². The molecule has 1 aliphatic heterocycles. The number of halogens is 3. The third-order valence-corrected chi connectivity index (χ3v) is 4.73. The lowest BCUT2D eigenvalue weighted by atomic mass is 9.83. The monoisotopic (exact) mass is 366 g/mol. The number of alkyl halides is 3. The normalized spacial score (nSPS) is 17.4. The predicted molar refractivity (Wildman–Crippen MR) is 91.4 cm³/mol. The quantitative estimate of drug-likeness (QED) is 0.874. The summed E-state index contributed by atoms with van der Waals surface area (Å²) in [7, 11) is 0. The summed E-state index contributed by atoms with van der Waals surface area (Å²) < 4.78 is 38.8. The highest BCUT2D eigenvalue weighted by Gasteiger charge is 2.37. The van der Waals surface area contributed by atoms with Crippen molar-refractivity contribution in [2.24, 2.45) is 5.73 Å². The maximum absolute atomic E-state index is 12.9. The van der Waals surface area contributed by atoms with E-state index in [1.807, 2.05) is 11.0 Å². The van der Waals surface area contributed by atoms with Gasteiger partial charge in [0.1, 0.15) is 11.6 Å². The Morgan fingerprint density at radius 1 is 1.19 bits per heavy atom. The molecule has 5 nitrogen and oxygen atoms in total. The second-order valence-electron chi connectivity index (χ2n) is 6.57. The van der Waals surface area contributed by atoms with Crippen molar-refractivity contribution >= 4 is 5.82 Å². The molecule has 26 heavy (non-hydrogen) atoms. The van der Waals surface area contributed by atoms with Crippen LogP contribution in [0.5, 0.6) is 0 Å². The number of aryl methyl sites for hydroxylation is 1. The van der Waals surface area contributed by atoms with E-state index in [9.17, 15) is 18.3 Å². The summed E-state index contributed by atoms with van der Waals surface area (Å²) in [4.78, 5) is 10.6. The average Bonchev–Trinajstić information content (AvgIpc) is 2.61. The lowest BCUT2D eigenvalue weighted by Gasteiger charge is -2.39. The minimum absolute atomic E-state index is 0.300. The van der Waals surface area contributed by atoms with Gasteiger partial charge in [0.25, 0.3) is 0 Å². The molecule has 0 saturated carbocycles. The molecular weight excluding hydrogens is 345 g/mol. The van der Waals surface area contributed by atoms with Crippen molar-refractivity contribution in [3.8, 4) is 0 Å². The molecule has 3 rings (SSSR count). The van der Waals surface area contributed by atoms with Crippen molar-refractivity contribution in [1.29, 1.82) is 0 Å². The van der Waals surface area contributed by atoms with Gasteiger partial charge >= 0.3 is 6.18 Å². The Labute approximate surface area is 149 Å². The molecule has 0 radical (unpaired) electrons. The van der Waals surface area contributed by atoms with Gasteiger partial charge in [0.2, 0.25) is 0 Å². The van der Waals surface area contributed by atoms with E-state index in [2.05, 4.69) is 9.97 Å². The van der Waals surface area contributed by atoms with Gasteiger partial charge in [-0.2, -0.15) is 13.2 Å². The lowest BCUT2D eigenvalue weighted by Crippen LogP contribution is -2.43. The fraction of sp³-hybridized carbons (Fsp3) is 0.444. The molecule has 0 aliphatic carbocycles. The van der Waals surface area contributed by atoms with E-state index < -0.39 is 17.3 Å². The smallest absolute Gasteiger partial charge is 0.385 e. The lowest BCUT2D eigenvalue weighted by molar-refractivity contribution is -0.137. The molecule has 1 aliphatic rings. The Morgan fingerprint density at radius 2 is 1.88 bits per heavy atom. The molecule has 0 bridgehead atoms. The van der Waals surface area contributed by atoms with Crippen molar-refractivity contribution < 1.29 is 18.3 Å². The number of nitrogens with two attached hydrogens (primary N) is 1. The summed E-state index contributed by atoms with van der Waals surface area (Å²) in [5.41, 5.74) is 4.65. The van der Waals surface area contributed by atoms with Gasteiger partial charge in [-0.15, -0.1) is 0 Å². The van der Waals surface area contributed by atoms with Crippen LogP contribution in [0.25, 0.3) is 0 Å². The highest BCUT2D eigenvalue weighted by Crippen LogP contribution is 2.37. The Morgan fingerprint density at radius 3 is 2.50 bits per heavy atom. The molecular formula is C18H21F3N4O. The molecule has 1 aromatic carbocycles. The van der Waals surface area contributed by atoms with E-state index in [1.54, 1.807) is 13.0 Å². The van der Waals surface area contributed by atoms with Crippen molar-refractivity contribution in [3.05, 3.63) is 53.0 Å². The van der Waals surface area contributed by atoms with Crippen LogP contribution in [0.3, 0.4) is 0 Å². The zero-order valence-electron chi connectivity index (χ0n) is 14.4. The molecule has 2 aromatic rings. The molecule has 3 N–H and O–H groups in total. The third-order valence-electron chi connectivity index (χ3n) is 4.73. The summed E-state index contributed by atoms with van der Waals surface area (Å²) in [6, 6.07) is 6.74. The number of hydrogen-bond donors (Lipinski definition) is 2. The first-order valence-electron chi connectivity index (χ1n) is 8.41. The van der Waals surface area contributed by atoms with Crippen LogP contribution in [0.2, 0.25) is 0 Å². The van der Waals surface area contributed by atoms with E-state index in [0.29, 0.717) is 43.9 Å². The number of aliphatic hydroxyl groups is 1. The molecule has 1 saturated heterocycles. The number of aromatic nitrogens is 2. The average molecular weight is 366 g/mol. The first kappa shape index (κ1) is 18.6. The summed E-state index contributed by atoms with van der Waals surface area (Å²) in [5, 5.41) is 10.9. The first-order chi connectivity index (χ1) is 12.2. The molecule has 1 aromatic heterocycles. The molecule has 140 valence electrons. The second kappa shape index (κ2) is 6.85. The van der Waals surface area contributed by atoms with Gasteiger partial charge in [0, 0.05) is 25.7 Å². The van der Waals surface area contributed by atoms with E-state index in [0.717, 1.165) is 23.6 Å². The number of anilines is 1. The molecule has 0 unspecified atom stereocenters. The highest BCUT2D eigenvalue weighted by molar-refractivity contribution is 5.41. The number of benzene rings is 1. The molecule has 8 heteroatoms. The van der Waals surface area contributed by atoms with Crippen molar-refractivity contribution in [2.45, 2.75) is 38.1 Å². The molecule has 2 heterocycles. The molecule has 0 atom stereocenters. The van der Waals surface area contributed by atoms with Gasteiger partial charge in [-0.1, -0.05) is 12.1 Å². The number of nitrogens with zero attached hydrogens (tertiary/aromatic N) is 3. The maximum Gasteiger partial charge on any atom is 0.416 e. The first-order valence-corrected chi connectivity index (χ1v) is 8.41. The summed E-state index contributed by atoms with van der Waals surface area (Å²) in [6.07, 6.45) is -3.80. The number of hydrogen-bond acceptors (Lipinski definition) is 5. The van der Waals surface area contributed by atoms with Crippen LogP contribution in [0.4, 0.5) is 19.0 Å². The van der Waals surface area contributed by atoms with E-state index in [1.165, 1.54) is 6.07 Å². The zero-order valence-corrected chi connectivity index (χ0v) is 14.4. The summed E-state index contributed by atoms with van der Waals surface area (Å²) >= 11 is 0. The van der Waals surface area contributed by atoms with Crippen molar-refractivity contribution in [1.82, 2.24) is 9.97 Å². The van der Waals surface area contributed by atoms with Gasteiger partial charge in [0.15, 0.2) is 0 Å². The van der Waals surface area contributed by atoms with E-state index in [4.69, 9.17) is 5.73 Å². The maximum atomic E-state index is 12.9. The molecule has 0 amide bonds. The highest BCUT2D eigenvalue weighted by atomic mass is 19.4. The summed E-state index contributed by atoms with van der Waals surface area (Å²) in [5.74, 6) is 1.34. The van der Waals surface area contributed by atoms with Crippen LogP contribution in [-0.4, -0.2) is 28.2 Å². The third kappa shape index (κ3) is 3.81. The van der Waals surface area contributed by atoms with Crippen LogP contribution in [0, 0.1) is 6.92 Å². The Bertz CT molecular complexity index is 786. The fourth-order valence-corrected chi connectivity index (χ4v) is 3.26. The fourth-order valence-electron chi connectivity index (χ4n) is 3.26. The predicted octanol–water partition coefficient (Wildman–Crippen LogP) is 2.75. The minimum atomic E-state index is -4.43. The van der Waals surface area contributed by atoms with E-state index >= 15 is 0 Å². The van der Waals surface area contributed by atoms with Crippen LogP contribution in [0.15, 0.2) is 30.3 Å². The SMILES string of the molecule is Cc1nc(CN)cc(N2CCC(O)(c3cccc(C(F)(F)F)c3)CC2)n1. The van der Waals surface area contributed by atoms with Crippen LogP contribution >= 0.6 is 0 Å². The number of rotatable bonds is 3. The van der Waals surface area contributed by atoms with Crippen LogP contribution in [0.1, 0.15) is 35.5 Å². The minimum Gasteiger partial charge on any atom is -0.385 e. The summed E-state index contributed by atoms with van der Waals surface area (Å²) in [6.45, 7) is 3.05. The van der Waals surface area contributed by atoms with Gasteiger partial charge in [-0.05, 0) is 37.5 Å². The zero-order chi connectivity index (χ0) is 18.9. The Kier molecular flexibility index (Phi) is 4.90.